The molecule has 1 atom stereocenters. The van der Waals surface area contributed by atoms with E-state index < -0.39 is 0 Å². The van der Waals surface area contributed by atoms with Gasteiger partial charge in [-0.3, -0.25) is 14.6 Å². The average Bonchev–Trinajstić information content (AvgIpc) is 2.59. The molecule has 0 saturated carbocycles. The molecule has 0 saturated heterocycles. The molecule has 0 aliphatic rings. The van der Waals surface area contributed by atoms with Gasteiger partial charge in [-0.2, -0.15) is 0 Å². The molecule has 0 spiro atoms. The van der Waals surface area contributed by atoms with E-state index in [1.165, 1.54) is 19.0 Å². The quantitative estimate of drug-likeness (QED) is 0.586. The molecule has 23 heavy (non-hydrogen) atoms. The Morgan fingerprint density at radius 2 is 2.09 bits per heavy atom. The largest absolute Gasteiger partial charge is 0.385 e. The number of rotatable bonds is 8. The maximum absolute atomic E-state index is 11.9. The zero-order chi connectivity index (χ0) is 17.7. The number of nitrogens with zero attached hydrogens (tertiary/aromatic N) is 1. The average molecular weight is 322 g/mol. The number of methoxy groups -OCH3 is 1. The lowest BCUT2D eigenvalue weighted by Crippen LogP contribution is -2.25. The summed E-state index contributed by atoms with van der Waals surface area (Å²) in [4.78, 5) is 26.8. The van der Waals surface area contributed by atoms with Gasteiger partial charge >= 0.3 is 0 Å². The lowest BCUT2D eigenvalue weighted by Gasteiger charge is -2.13. The topological polar surface area (TPSA) is 68.3 Å². The first kappa shape index (κ1) is 21.2. The lowest BCUT2D eigenvalue weighted by atomic mass is 9.98. The molecule has 5 heteroatoms. The van der Waals surface area contributed by atoms with Crippen molar-refractivity contribution in [3.05, 3.63) is 29.1 Å². The number of carbonyl (C=O) groups is 2. The number of hydrogen-bond acceptors (Lipinski definition) is 4. The molecule has 0 radical (unpaired) electrons. The summed E-state index contributed by atoms with van der Waals surface area (Å²) in [7, 11) is 1.73. The maximum atomic E-state index is 11.9. The van der Waals surface area contributed by atoms with Crippen LogP contribution < -0.4 is 5.32 Å². The third kappa shape index (κ3) is 7.88. The second-order valence-corrected chi connectivity index (χ2v) is 5.33. The van der Waals surface area contributed by atoms with Crippen LogP contribution in [0.1, 0.15) is 79.3 Å². The molecular weight excluding hydrogens is 292 g/mol. The monoisotopic (exact) mass is 322 g/mol. The number of hydrogen-bond donors (Lipinski definition) is 1. The van der Waals surface area contributed by atoms with Gasteiger partial charge in [0.25, 0.3) is 5.91 Å². The van der Waals surface area contributed by atoms with E-state index in [0.29, 0.717) is 24.0 Å². The van der Waals surface area contributed by atoms with Gasteiger partial charge in [-0.15, -0.1) is 0 Å². The molecule has 1 aromatic rings. The Morgan fingerprint density at radius 1 is 1.39 bits per heavy atom. The Bertz CT molecular complexity index is 471. The van der Waals surface area contributed by atoms with Crippen LogP contribution >= 0.6 is 0 Å². The molecule has 1 N–H and O–H groups in total. The van der Waals surface area contributed by atoms with Gasteiger partial charge in [-0.05, 0) is 31.7 Å². The zero-order valence-corrected chi connectivity index (χ0v) is 15.0. The predicted octanol–water partition coefficient (Wildman–Crippen LogP) is 3.59. The minimum Gasteiger partial charge on any atom is -0.385 e. The van der Waals surface area contributed by atoms with Crippen LogP contribution in [-0.4, -0.2) is 37.4 Å². The van der Waals surface area contributed by atoms with Gasteiger partial charge in [0.05, 0.1) is 11.3 Å². The van der Waals surface area contributed by atoms with Gasteiger partial charge in [-0.1, -0.05) is 27.2 Å². The van der Waals surface area contributed by atoms with Crippen LogP contribution in [0, 0.1) is 0 Å². The van der Waals surface area contributed by atoms with Crippen LogP contribution in [0.15, 0.2) is 12.3 Å². The Morgan fingerprint density at radius 3 is 2.52 bits per heavy atom. The summed E-state index contributed by atoms with van der Waals surface area (Å²) in [5.41, 5.74) is 1.69. The molecule has 1 amide bonds. The number of nitrogens with one attached hydrogen (secondary N) is 1. The van der Waals surface area contributed by atoms with Crippen molar-refractivity contribution in [3.8, 4) is 0 Å². The minimum atomic E-state index is -0.168. The summed E-state index contributed by atoms with van der Waals surface area (Å²) in [6.07, 6.45) is 5.54. The van der Waals surface area contributed by atoms with Crippen LogP contribution in [0.2, 0.25) is 0 Å². The van der Waals surface area contributed by atoms with Crippen LogP contribution in [0.25, 0.3) is 0 Å². The van der Waals surface area contributed by atoms with Crippen molar-refractivity contribution in [2.75, 3.05) is 20.3 Å². The van der Waals surface area contributed by atoms with E-state index in [4.69, 9.17) is 4.74 Å². The molecule has 1 aromatic heterocycles. The normalized spacial score (nSPS) is 11.2. The summed E-state index contributed by atoms with van der Waals surface area (Å²) in [5.74, 6) is 0.0345. The fraction of sp³-hybridized carbons (Fsp3) is 0.611. The predicted molar refractivity (Wildman–Crippen MR) is 93.1 cm³/mol. The summed E-state index contributed by atoms with van der Waals surface area (Å²) in [5, 5.41) is 2.74. The van der Waals surface area contributed by atoms with E-state index in [1.807, 2.05) is 20.8 Å². The molecule has 0 aromatic carbocycles. The van der Waals surface area contributed by atoms with E-state index in [2.05, 4.69) is 17.2 Å². The van der Waals surface area contributed by atoms with Gasteiger partial charge in [0.2, 0.25) is 0 Å². The molecule has 1 unspecified atom stereocenters. The number of carbonyl (C=O) groups excluding carboxylic acids is 2. The van der Waals surface area contributed by atoms with Crippen LogP contribution in [0.4, 0.5) is 0 Å². The highest BCUT2D eigenvalue weighted by atomic mass is 16.5. The second kappa shape index (κ2) is 12.8. The molecule has 130 valence electrons. The molecule has 0 fully saturated rings. The van der Waals surface area contributed by atoms with Gasteiger partial charge in [-0.25, -0.2) is 0 Å². The van der Waals surface area contributed by atoms with Crippen molar-refractivity contribution in [1.82, 2.24) is 10.3 Å². The molecule has 1 rings (SSSR count). The lowest BCUT2D eigenvalue weighted by molar-refractivity contribution is 0.0954. The van der Waals surface area contributed by atoms with Crippen LogP contribution in [0.5, 0.6) is 0 Å². The van der Waals surface area contributed by atoms with Crippen LogP contribution in [-0.2, 0) is 4.74 Å². The van der Waals surface area contributed by atoms with Crippen LogP contribution in [0.3, 0.4) is 0 Å². The van der Waals surface area contributed by atoms with Gasteiger partial charge in [0, 0.05) is 32.0 Å². The Labute approximate surface area is 139 Å². The second-order valence-electron chi connectivity index (χ2n) is 5.33. The molecular formula is C18H30N2O3. The first-order valence-corrected chi connectivity index (χ1v) is 8.27. The maximum Gasteiger partial charge on any atom is 0.253 e. The third-order valence-electron chi connectivity index (χ3n) is 3.44. The number of unbranched alkanes of at least 4 members (excludes halogenated alkanes) is 1. The third-order valence-corrected chi connectivity index (χ3v) is 3.44. The molecule has 1 heterocycles. The number of pyridine rings is 1. The Kier molecular flexibility index (Phi) is 11.8. The van der Waals surface area contributed by atoms with Crippen molar-refractivity contribution < 1.29 is 14.3 Å². The highest BCUT2D eigenvalue weighted by Crippen LogP contribution is 2.21. The number of aromatic nitrogens is 1. The smallest absolute Gasteiger partial charge is 0.253 e. The molecule has 5 nitrogen and oxygen atoms in total. The highest BCUT2D eigenvalue weighted by molar-refractivity contribution is 5.96. The zero-order valence-electron chi connectivity index (χ0n) is 15.0. The van der Waals surface area contributed by atoms with Gasteiger partial charge in [0.15, 0.2) is 6.29 Å². The van der Waals surface area contributed by atoms with E-state index in [0.717, 1.165) is 18.7 Å². The van der Waals surface area contributed by atoms with E-state index >= 15 is 0 Å². The highest BCUT2D eigenvalue weighted by Gasteiger charge is 2.16. The van der Waals surface area contributed by atoms with Crippen molar-refractivity contribution in [1.29, 1.82) is 0 Å². The summed E-state index contributed by atoms with van der Waals surface area (Å²) in [6.45, 7) is 9.55. The summed E-state index contributed by atoms with van der Waals surface area (Å²) in [6, 6.07) is 1.60. The standard InChI is InChI=1S/C13H18N2O2.C5H12O/c1-4-9(3)12-11(13(17)14-5-2)6-10(8-16)7-15-12;1-3-4-5-6-2/h6-9H,4-5H2,1-3H3,(H,14,17);3-5H2,1-2H3. The summed E-state index contributed by atoms with van der Waals surface area (Å²) < 4.78 is 4.78. The minimum absolute atomic E-state index is 0.168. The first-order chi connectivity index (χ1) is 11.0. The SMILES string of the molecule is CCCCOC.CCNC(=O)c1cc(C=O)cnc1C(C)CC. The van der Waals surface area contributed by atoms with Gasteiger partial charge in [0.1, 0.15) is 0 Å². The van der Waals surface area contributed by atoms with E-state index in [1.54, 1.807) is 13.2 Å². The Balaban J connectivity index is 0.000000688. The van der Waals surface area contributed by atoms with Crippen molar-refractivity contribution >= 4 is 12.2 Å². The van der Waals surface area contributed by atoms with E-state index in [9.17, 15) is 9.59 Å². The summed E-state index contributed by atoms with van der Waals surface area (Å²) >= 11 is 0. The molecule has 0 aliphatic carbocycles. The van der Waals surface area contributed by atoms with Gasteiger partial charge < -0.3 is 10.1 Å². The number of amides is 1. The van der Waals surface area contributed by atoms with Crippen molar-refractivity contribution in [2.45, 2.75) is 52.9 Å². The number of ether oxygens (including phenoxy) is 1. The number of aldehydes is 1. The first-order valence-electron chi connectivity index (χ1n) is 8.27. The van der Waals surface area contributed by atoms with Crippen molar-refractivity contribution in [2.24, 2.45) is 0 Å². The fourth-order valence-electron chi connectivity index (χ4n) is 1.87. The molecule has 0 aliphatic heterocycles. The van der Waals surface area contributed by atoms with Crippen molar-refractivity contribution in [3.63, 3.8) is 0 Å². The molecule has 0 bridgehead atoms. The Hall–Kier alpha value is -1.75. The van der Waals surface area contributed by atoms with E-state index in [-0.39, 0.29) is 11.8 Å². The fourth-order valence-corrected chi connectivity index (χ4v) is 1.87.